The van der Waals surface area contributed by atoms with Crippen molar-refractivity contribution >= 4 is 12.1 Å². The van der Waals surface area contributed by atoms with E-state index in [0.29, 0.717) is 12.5 Å². The van der Waals surface area contributed by atoms with Crippen molar-refractivity contribution in [1.29, 1.82) is 0 Å². The van der Waals surface area contributed by atoms with Gasteiger partial charge in [-0.15, -0.1) is 0 Å². The van der Waals surface area contributed by atoms with Crippen LogP contribution in [-0.4, -0.2) is 35.6 Å². The lowest BCUT2D eigenvalue weighted by Crippen LogP contribution is -2.46. The van der Waals surface area contributed by atoms with Crippen molar-refractivity contribution in [2.75, 3.05) is 13.1 Å². The molecule has 0 saturated carbocycles. The molecule has 0 aliphatic rings. The number of benzene rings is 1. The highest BCUT2D eigenvalue weighted by Gasteiger charge is 2.19. The van der Waals surface area contributed by atoms with Gasteiger partial charge in [-0.1, -0.05) is 30.3 Å². The molecule has 0 spiro atoms. The first-order valence-electron chi connectivity index (χ1n) is 7.69. The number of hydrogen-bond acceptors (Lipinski definition) is 3. The standard InChI is InChI=1S/C17H27N3O2/c1-6-20(7-2)15(19-16(21)22-17(3,4)5)18-13-14-11-9-8-10-12-14/h8-12H,6-7,13H2,1-5H3,(H,18,19,21). The van der Waals surface area contributed by atoms with Crippen molar-refractivity contribution in [2.24, 2.45) is 4.99 Å². The van der Waals surface area contributed by atoms with E-state index >= 15 is 0 Å². The third kappa shape index (κ3) is 6.61. The Balaban J connectivity index is 2.81. The van der Waals surface area contributed by atoms with E-state index in [4.69, 9.17) is 4.74 Å². The van der Waals surface area contributed by atoms with Crippen LogP contribution >= 0.6 is 0 Å². The smallest absolute Gasteiger partial charge is 0.414 e. The van der Waals surface area contributed by atoms with Crippen molar-refractivity contribution in [3.8, 4) is 0 Å². The third-order valence-electron chi connectivity index (χ3n) is 2.93. The molecular formula is C17H27N3O2. The fraction of sp³-hybridized carbons (Fsp3) is 0.529. The van der Waals surface area contributed by atoms with E-state index in [0.717, 1.165) is 18.7 Å². The first kappa shape index (κ1) is 18.0. The van der Waals surface area contributed by atoms with E-state index in [1.807, 2.05) is 69.9 Å². The number of amides is 1. The van der Waals surface area contributed by atoms with Crippen LogP contribution in [-0.2, 0) is 11.3 Å². The van der Waals surface area contributed by atoms with Gasteiger partial charge in [0.1, 0.15) is 5.60 Å². The maximum atomic E-state index is 12.0. The zero-order valence-electron chi connectivity index (χ0n) is 14.2. The van der Waals surface area contributed by atoms with Crippen molar-refractivity contribution in [2.45, 2.75) is 46.8 Å². The van der Waals surface area contributed by atoms with Crippen LogP contribution in [0.25, 0.3) is 0 Å². The number of nitrogens with zero attached hydrogens (tertiary/aromatic N) is 2. The van der Waals surface area contributed by atoms with Crippen molar-refractivity contribution in [3.05, 3.63) is 35.9 Å². The summed E-state index contributed by atoms with van der Waals surface area (Å²) in [5.74, 6) is 0.545. The molecular weight excluding hydrogens is 278 g/mol. The van der Waals surface area contributed by atoms with Gasteiger partial charge in [0.2, 0.25) is 5.96 Å². The molecule has 122 valence electrons. The van der Waals surface area contributed by atoms with E-state index in [9.17, 15) is 4.79 Å². The molecule has 0 bridgehead atoms. The van der Waals surface area contributed by atoms with Gasteiger partial charge in [-0.25, -0.2) is 9.79 Å². The van der Waals surface area contributed by atoms with Gasteiger partial charge in [0.25, 0.3) is 0 Å². The first-order chi connectivity index (χ1) is 10.4. The molecule has 5 heteroatoms. The highest BCUT2D eigenvalue weighted by atomic mass is 16.6. The number of nitrogens with one attached hydrogen (secondary N) is 1. The Hall–Kier alpha value is -2.04. The summed E-state index contributed by atoms with van der Waals surface area (Å²) < 4.78 is 5.30. The van der Waals surface area contributed by atoms with Gasteiger partial charge in [-0.05, 0) is 40.2 Å². The predicted molar refractivity (Wildman–Crippen MR) is 89.9 cm³/mol. The SMILES string of the molecule is CCN(CC)C(=NCc1ccccc1)NC(=O)OC(C)(C)C. The highest BCUT2D eigenvalue weighted by Crippen LogP contribution is 2.07. The summed E-state index contributed by atoms with van der Waals surface area (Å²) in [5.41, 5.74) is 0.566. The number of hydrogen-bond donors (Lipinski definition) is 1. The first-order valence-corrected chi connectivity index (χ1v) is 7.69. The molecule has 0 radical (unpaired) electrons. The lowest BCUT2D eigenvalue weighted by atomic mass is 10.2. The second kappa shape index (κ2) is 8.41. The van der Waals surface area contributed by atoms with Gasteiger partial charge in [-0.2, -0.15) is 0 Å². The topological polar surface area (TPSA) is 53.9 Å². The fourth-order valence-corrected chi connectivity index (χ4v) is 1.89. The van der Waals surface area contributed by atoms with Crippen LogP contribution in [0.4, 0.5) is 4.79 Å². The van der Waals surface area contributed by atoms with E-state index in [1.54, 1.807) is 0 Å². The number of carbonyl (C=O) groups excluding carboxylic acids is 1. The minimum Gasteiger partial charge on any atom is -0.444 e. The molecule has 1 N–H and O–H groups in total. The van der Waals surface area contributed by atoms with Gasteiger partial charge < -0.3 is 9.64 Å². The summed E-state index contributed by atoms with van der Waals surface area (Å²) in [6.45, 7) is 11.6. The van der Waals surface area contributed by atoms with Gasteiger partial charge >= 0.3 is 6.09 Å². The van der Waals surface area contributed by atoms with Crippen molar-refractivity contribution < 1.29 is 9.53 Å². The molecule has 0 unspecified atom stereocenters. The summed E-state index contributed by atoms with van der Waals surface area (Å²) in [5, 5.41) is 2.76. The van der Waals surface area contributed by atoms with Crippen LogP contribution in [0.1, 0.15) is 40.2 Å². The van der Waals surface area contributed by atoms with E-state index in [-0.39, 0.29) is 0 Å². The molecule has 1 amide bonds. The number of ether oxygens (including phenoxy) is 1. The second-order valence-corrected chi connectivity index (χ2v) is 5.92. The highest BCUT2D eigenvalue weighted by molar-refractivity contribution is 5.94. The summed E-state index contributed by atoms with van der Waals surface area (Å²) in [6, 6.07) is 9.94. The van der Waals surface area contributed by atoms with Crippen LogP contribution in [0.5, 0.6) is 0 Å². The zero-order chi connectivity index (χ0) is 16.6. The molecule has 5 nitrogen and oxygen atoms in total. The molecule has 1 rings (SSSR count). The van der Waals surface area contributed by atoms with Crippen LogP contribution in [0, 0.1) is 0 Å². The quantitative estimate of drug-likeness (QED) is 0.685. The van der Waals surface area contributed by atoms with Crippen molar-refractivity contribution in [1.82, 2.24) is 10.2 Å². The van der Waals surface area contributed by atoms with Gasteiger partial charge in [-0.3, -0.25) is 5.32 Å². The Morgan fingerprint density at radius 1 is 1.18 bits per heavy atom. The molecule has 0 heterocycles. The molecule has 1 aromatic carbocycles. The molecule has 0 fully saturated rings. The summed E-state index contributed by atoms with van der Waals surface area (Å²) >= 11 is 0. The summed E-state index contributed by atoms with van der Waals surface area (Å²) in [7, 11) is 0. The molecule has 1 aromatic rings. The summed E-state index contributed by atoms with van der Waals surface area (Å²) in [4.78, 5) is 18.5. The molecule has 22 heavy (non-hydrogen) atoms. The average Bonchev–Trinajstić information content (AvgIpc) is 2.45. The monoisotopic (exact) mass is 305 g/mol. The minimum atomic E-state index is -0.530. The Kier molecular flexibility index (Phi) is 6.89. The lowest BCUT2D eigenvalue weighted by Gasteiger charge is -2.25. The van der Waals surface area contributed by atoms with E-state index in [1.165, 1.54) is 0 Å². The number of aliphatic imine (C=N–C) groups is 1. The Bertz CT molecular complexity index is 488. The van der Waals surface area contributed by atoms with Gasteiger partial charge in [0.05, 0.1) is 6.54 Å². The molecule has 0 aliphatic heterocycles. The maximum Gasteiger partial charge on any atom is 0.414 e. The molecule has 0 saturated heterocycles. The lowest BCUT2D eigenvalue weighted by molar-refractivity contribution is 0.0556. The molecule has 0 aliphatic carbocycles. The Labute approximate surface area is 133 Å². The molecule has 0 atom stereocenters. The van der Waals surface area contributed by atoms with Gasteiger partial charge in [0, 0.05) is 13.1 Å². The zero-order valence-corrected chi connectivity index (χ0v) is 14.2. The minimum absolute atomic E-state index is 0.480. The van der Waals surface area contributed by atoms with Crippen LogP contribution in [0.2, 0.25) is 0 Å². The summed E-state index contributed by atoms with van der Waals surface area (Å²) in [6.07, 6.45) is -0.480. The maximum absolute atomic E-state index is 12.0. The van der Waals surface area contributed by atoms with Crippen LogP contribution in [0.3, 0.4) is 0 Å². The van der Waals surface area contributed by atoms with Crippen LogP contribution in [0.15, 0.2) is 35.3 Å². The van der Waals surface area contributed by atoms with Gasteiger partial charge in [0.15, 0.2) is 0 Å². The number of carbonyl (C=O) groups is 1. The Morgan fingerprint density at radius 2 is 1.77 bits per heavy atom. The van der Waals surface area contributed by atoms with E-state index in [2.05, 4.69) is 10.3 Å². The van der Waals surface area contributed by atoms with E-state index < -0.39 is 11.7 Å². The normalized spacial score (nSPS) is 12.0. The number of alkyl carbamates (subject to hydrolysis) is 1. The molecule has 0 aromatic heterocycles. The second-order valence-electron chi connectivity index (χ2n) is 5.92. The van der Waals surface area contributed by atoms with Crippen molar-refractivity contribution in [3.63, 3.8) is 0 Å². The number of rotatable bonds is 4. The fourth-order valence-electron chi connectivity index (χ4n) is 1.89. The third-order valence-corrected chi connectivity index (χ3v) is 2.93. The largest absolute Gasteiger partial charge is 0.444 e. The average molecular weight is 305 g/mol. The Morgan fingerprint density at radius 3 is 2.27 bits per heavy atom. The van der Waals surface area contributed by atoms with Crippen LogP contribution < -0.4 is 5.32 Å². The number of guanidine groups is 1. The predicted octanol–water partition coefficient (Wildman–Crippen LogP) is 3.41.